The van der Waals surface area contributed by atoms with Gasteiger partial charge in [-0.15, -0.1) is 0 Å². The van der Waals surface area contributed by atoms with Crippen LogP contribution >= 0.6 is 0 Å². The molecule has 0 aromatic heterocycles. The standard InChI is InChI=1S/C12H20N2O4/c1-8(2)6-13-10(15)3-4-14-7-9(12(17)18)5-11(14)16/h8-9H,3-7H2,1-2H3,(H,13,15)(H,17,18). The normalized spacial score (nSPS) is 19.4. The quantitative estimate of drug-likeness (QED) is 0.704. The van der Waals surface area contributed by atoms with Crippen LogP contribution in [0.4, 0.5) is 0 Å². The monoisotopic (exact) mass is 256 g/mol. The maximum Gasteiger partial charge on any atom is 0.308 e. The highest BCUT2D eigenvalue weighted by molar-refractivity contribution is 5.86. The van der Waals surface area contributed by atoms with Crippen LogP contribution < -0.4 is 5.32 Å². The summed E-state index contributed by atoms with van der Waals surface area (Å²) >= 11 is 0. The summed E-state index contributed by atoms with van der Waals surface area (Å²) in [4.78, 5) is 35.2. The SMILES string of the molecule is CC(C)CNC(=O)CCN1CC(C(=O)O)CC1=O. The average molecular weight is 256 g/mol. The molecule has 1 fully saturated rings. The molecule has 1 heterocycles. The number of nitrogens with zero attached hydrogens (tertiary/aromatic N) is 1. The number of likely N-dealkylation sites (tertiary alicyclic amines) is 1. The Kier molecular flexibility index (Phi) is 5.12. The van der Waals surface area contributed by atoms with Crippen molar-refractivity contribution in [3.63, 3.8) is 0 Å². The van der Waals surface area contributed by atoms with Gasteiger partial charge in [0.2, 0.25) is 11.8 Å². The topological polar surface area (TPSA) is 86.7 Å². The highest BCUT2D eigenvalue weighted by Crippen LogP contribution is 2.17. The van der Waals surface area contributed by atoms with Crippen molar-refractivity contribution in [3.8, 4) is 0 Å². The zero-order valence-electron chi connectivity index (χ0n) is 10.8. The molecule has 0 bridgehead atoms. The van der Waals surface area contributed by atoms with Crippen LogP contribution in [0.1, 0.15) is 26.7 Å². The molecule has 1 atom stereocenters. The van der Waals surface area contributed by atoms with Crippen LogP contribution in [0.3, 0.4) is 0 Å². The molecule has 6 heteroatoms. The van der Waals surface area contributed by atoms with Gasteiger partial charge in [-0.3, -0.25) is 14.4 Å². The smallest absolute Gasteiger partial charge is 0.308 e. The molecule has 0 aromatic carbocycles. The molecule has 1 aliphatic heterocycles. The van der Waals surface area contributed by atoms with E-state index in [1.807, 2.05) is 13.8 Å². The average Bonchev–Trinajstić information content (AvgIpc) is 2.65. The number of carboxylic acids is 1. The highest BCUT2D eigenvalue weighted by atomic mass is 16.4. The van der Waals surface area contributed by atoms with E-state index in [2.05, 4.69) is 5.32 Å². The van der Waals surface area contributed by atoms with E-state index in [-0.39, 0.29) is 31.2 Å². The number of carbonyl (C=O) groups excluding carboxylic acids is 2. The van der Waals surface area contributed by atoms with Crippen LogP contribution in [0.15, 0.2) is 0 Å². The molecule has 2 N–H and O–H groups in total. The first-order valence-corrected chi connectivity index (χ1v) is 6.17. The molecular weight excluding hydrogens is 236 g/mol. The third-order valence-electron chi connectivity index (χ3n) is 2.88. The van der Waals surface area contributed by atoms with Crippen molar-refractivity contribution in [3.05, 3.63) is 0 Å². The summed E-state index contributed by atoms with van der Waals surface area (Å²) in [6.45, 7) is 5.13. The Balaban J connectivity index is 2.29. The van der Waals surface area contributed by atoms with Gasteiger partial charge in [0.05, 0.1) is 5.92 Å². The maximum atomic E-state index is 11.5. The molecule has 0 radical (unpaired) electrons. The molecule has 1 saturated heterocycles. The summed E-state index contributed by atoms with van der Waals surface area (Å²) in [6, 6.07) is 0. The molecule has 0 aliphatic carbocycles. The zero-order valence-corrected chi connectivity index (χ0v) is 10.8. The number of amides is 2. The van der Waals surface area contributed by atoms with Gasteiger partial charge in [-0.05, 0) is 5.92 Å². The van der Waals surface area contributed by atoms with E-state index in [0.717, 1.165) is 0 Å². The third-order valence-corrected chi connectivity index (χ3v) is 2.88. The summed E-state index contributed by atoms with van der Waals surface area (Å²) in [7, 11) is 0. The lowest BCUT2D eigenvalue weighted by Gasteiger charge is -2.15. The first kappa shape index (κ1) is 14.5. The summed E-state index contributed by atoms with van der Waals surface area (Å²) < 4.78 is 0. The van der Waals surface area contributed by atoms with E-state index in [1.54, 1.807) is 0 Å². The van der Waals surface area contributed by atoms with Crippen LogP contribution in [0.25, 0.3) is 0 Å². The minimum atomic E-state index is -0.949. The van der Waals surface area contributed by atoms with Gasteiger partial charge in [0.1, 0.15) is 0 Å². The van der Waals surface area contributed by atoms with Gasteiger partial charge in [-0.25, -0.2) is 0 Å². The van der Waals surface area contributed by atoms with Gasteiger partial charge < -0.3 is 15.3 Å². The van der Waals surface area contributed by atoms with Gasteiger partial charge in [0, 0.05) is 32.5 Å². The number of hydrogen-bond acceptors (Lipinski definition) is 3. The van der Waals surface area contributed by atoms with Gasteiger partial charge >= 0.3 is 5.97 Å². The van der Waals surface area contributed by atoms with Crippen LogP contribution in [0, 0.1) is 11.8 Å². The Morgan fingerprint density at radius 1 is 1.50 bits per heavy atom. The van der Waals surface area contributed by atoms with Crippen molar-refractivity contribution in [1.82, 2.24) is 10.2 Å². The fourth-order valence-electron chi connectivity index (χ4n) is 1.80. The van der Waals surface area contributed by atoms with E-state index in [1.165, 1.54) is 4.90 Å². The molecule has 18 heavy (non-hydrogen) atoms. The second-order valence-corrected chi connectivity index (χ2v) is 5.03. The molecule has 6 nitrogen and oxygen atoms in total. The minimum absolute atomic E-state index is 0.0446. The fraction of sp³-hybridized carbons (Fsp3) is 0.750. The molecule has 1 aliphatic rings. The zero-order chi connectivity index (χ0) is 13.7. The van der Waals surface area contributed by atoms with Crippen molar-refractivity contribution < 1.29 is 19.5 Å². The van der Waals surface area contributed by atoms with Gasteiger partial charge in [-0.1, -0.05) is 13.8 Å². The first-order chi connectivity index (χ1) is 8.40. The minimum Gasteiger partial charge on any atom is -0.481 e. The molecule has 0 spiro atoms. The largest absolute Gasteiger partial charge is 0.481 e. The van der Waals surface area contributed by atoms with Crippen LogP contribution in [0.2, 0.25) is 0 Å². The van der Waals surface area contributed by atoms with Crippen LogP contribution in [0.5, 0.6) is 0 Å². The second-order valence-electron chi connectivity index (χ2n) is 5.03. The lowest BCUT2D eigenvalue weighted by molar-refractivity contribution is -0.141. The molecule has 102 valence electrons. The number of hydrogen-bond donors (Lipinski definition) is 2. The summed E-state index contributed by atoms with van der Waals surface area (Å²) in [5.74, 6) is -1.47. The first-order valence-electron chi connectivity index (χ1n) is 6.17. The second kappa shape index (κ2) is 6.37. The summed E-state index contributed by atoms with van der Waals surface area (Å²) in [5.41, 5.74) is 0. The molecule has 0 aromatic rings. The highest BCUT2D eigenvalue weighted by Gasteiger charge is 2.33. The molecular formula is C12H20N2O4. The summed E-state index contributed by atoms with van der Waals surface area (Å²) in [6.07, 6.45) is 0.272. The molecule has 0 saturated carbocycles. The van der Waals surface area contributed by atoms with Crippen molar-refractivity contribution in [1.29, 1.82) is 0 Å². The van der Waals surface area contributed by atoms with E-state index >= 15 is 0 Å². The number of nitrogens with one attached hydrogen (secondary N) is 1. The third kappa shape index (κ3) is 4.35. The maximum absolute atomic E-state index is 11.5. The molecule has 1 unspecified atom stereocenters. The Hall–Kier alpha value is -1.59. The van der Waals surface area contributed by atoms with Crippen molar-refractivity contribution >= 4 is 17.8 Å². The Morgan fingerprint density at radius 3 is 2.67 bits per heavy atom. The van der Waals surface area contributed by atoms with Gasteiger partial charge in [0.25, 0.3) is 0 Å². The van der Waals surface area contributed by atoms with E-state index in [0.29, 0.717) is 19.0 Å². The van der Waals surface area contributed by atoms with Gasteiger partial charge in [-0.2, -0.15) is 0 Å². The van der Waals surface area contributed by atoms with E-state index in [9.17, 15) is 14.4 Å². The van der Waals surface area contributed by atoms with Gasteiger partial charge in [0.15, 0.2) is 0 Å². The van der Waals surface area contributed by atoms with E-state index in [4.69, 9.17) is 5.11 Å². The Labute approximate surface area is 106 Å². The number of rotatable bonds is 6. The predicted octanol–water partition coefficient (Wildman–Crippen LogP) is 0.0818. The van der Waals surface area contributed by atoms with E-state index < -0.39 is 11.9 Å². The fourth-order valence-corrected chi connectivity index (χ4v) is 1.80. The summed E-state index contributed by atoms with van der Waals surface area (Å²) in [5, 5.41) is 11.6. The van der Waals surface area contributed by atoms with Crippen molar-refractivity contribution in [2.75, 3.05) is 19.6 Å². The number of carboxylic acid groups (broad SMARTS) is 1. The van der Waals surface area contributed by atoms with Crippen LogP contribution in [-0.2, 0) is 14.4 Å². The lowest BCUT2D eigenvalue weighted by atomic mass is 10.1. The lowest BCUT2D eigenvalue weighted by Crippen LogP contribution is -2.33. The van der Waals surface area contributed by atoms with Crippen LogP contribution in [-0.4, -0.2) is 47.4 Å². The Morgan fingerprint density at radius 2 is 2.17 bits per heavy atom. The molecule has 1 rings (SSSR count). The number of carbonyl (C=O) groups is 3. The predicted molar refractivity (Wildman–Crippen MR) is 64.8 cm³/mol. The molecule has 2 amide bonds. The van der Waals surface area contributed by atoms with Crippen molar-refractivity contribution in [2.24, 2.45) is 11.8 Å². The number of aliphatic carboxylic acids is 1. The Bertz CT molecular complexity index is 341. The van der Waals surface area contributed by atoms with Crippen molar-refractivity contribution in [2.45, 2.75) is 26.7 Å².